The highest BCUT2D eigenvalue weighted by Gasteiger charge is 2.50. The number of carbonyl (C=O) groups excluding carboxylic acids is 1. The molecule has 1 heterocycles. The maximum atomic E-state index is 11.4. The minimum Gasteiger partial charge on any atom is -0.455 e. The molecule has 0 aromatic rings. The minimum absolute atomic E-state index is 0.174. The van der Waals surface area contributed by atoms with Crippen LogP contribution >= 0.6 is 0 Å². The van der Waals surface area contributed by atoms with Crippen LogP contribution in [0.1, 0.15) is 39.5 Å². The second-order valence-corrected chi connectivity index (χ2v) is 4.90. The Balaban J connectivity index is 2.23. The van der Waals surface area contributed by atoms with Gasteiger partial charge in [0.2, 0.25) is 0 Å². The molecule has 2 aliphatic rings. The molecule has 2 fully saturated rings. The Labute approximate surface area is 85.3 Å². The summed E-state index contributed by atoms with van der Waals surface area (Å²) in [7, 11) is 0. The highest BCUT2D eigenvalue weighted by atomic mass is 16.6. The molecular weight excluding hydrogens is 176 g/mol. The molecule has 3 unspecified atom stereocenters. The lowest BCUT2D eigenvalue weighted by Gasteiger charge is -2.38. The van der Waals surface area contributed by atoms with Crippen LogP contribution in [0.3, 0.4) is 0 Å². The number of rotatable bonds is 0. The molecular formula is C12H18O2. The van der Waals surface area contributed by atoms with Crippen molar-refractivity contribution in [3.63, 3.8) is 0 Å². The fourth-order valence-electron chi connectivity index (χ4n) is 2.86. The quantitative estimate of drug-likeness (QED) is 0.438. The third kappa shape index (κ3) is 1.28. The molecule has 0 aromatic heterocycles. The second kappa shape index (κ2) is 3.11. The summed E-state index contributed by atoms with van der Waals surface area (Å²) in [6.07, 6.45) is 4.47. The monoisotopic (exact) mass is 194 g/mol. The molecule has 1 aliphatic heterocycles. The fraction of sp³-hybridized carbons (Fsp3) is 0.750. The zero-order chi connectivity index (χ0) is 10.3. The molecule has 2 rings (SSSR count). The van der Waals surface area contributed by atoms with E-state index >= 15 is 0 Å². The maximum absolute atomic E-state index is 11.4. The Bertz CT molecular complexity index is 282. The van der Waals surface area contributed by atoms with E-state index in [2.05, 4.69) is 20.4 Å². The fourth-order valence-corrected chi connectivity index (χ4v) is 2.86. The van der Waals surface area contributed by atoms with Crippen LogP contribution in [0.2, 0.25) is 0 Å². The number of hydrogen-bond acceptors (Lipinski definition) is 2. The summed E-state index contributed by atoms with van der Waals surface area (Å²) in [4.78, 5) is 11.4. The molecule has 3 atom stereocenters. The van der Waals surface area contributed by atoms with Crippen molar-refractivity contribution < 1.29 is 9.53 Å². The number of ether oxygens (including phenoxy) is 1. The smallest absolute Gasteiger partial charge is 0.334 e. The maximum Gasteiger partial charge on any atom is 0.334 e. The van der Waals surface area contributed by atoms with Crippen molar-refractivity contribution in [3.8, 4) is 0 Å². The number of carbonyl (C=O) groups is 1. The van der Waals surface area contributed by atoms with E-state index in [1.807, 2.05) is 0 Å². The van der Waals surface area contributed by atoms with Crippen molar-refractivity contribution in [2.75, 3.05) is 0 Å². The van der Waals surface area contributed by atoms with Crippen molar-refractivity contribution >= 4 is 5.97 Å². The lowest BCUT2D eigenvalue weighted by molar-refractivity contribution is -0.152. The van der Waals surface area contributed by atoms with Gasteiger partial charge >= 0.3 is 5.97 Å². The largest absolute Gasteiger partial charge is 0.455 e. The van der Waals surface area contributed by atoms with Crippen molar-refractivity contribution in [2.24, 2.45) is 11.8 Å². The first-order valence-electron chi connectivity index (χ1n) is 5.47. The van der Waals surface area contributed by atoms with Gasteiger partial charge in [-0.2, -0.15) is 0 Å². The first-order valence-corrected chi connectivity index (χ1v) is 5.47. The Morgan fingerprint density at radius 2 is 2.21 bits per heavy atom. The van der Waals surface area contributed by atoms with Crippen LogP contribution in [0.25, 0.3) is 0 Å². The van der Waals surface area contributed by atoms with Gasteiger partial charge in [0.15, 0.2) is 0 Å². The molecule has 1 spiro atoms. The highest BCUT2D eigenvalue weighted by molar-refractivity contribution is 5.91. The van der Waals surface area contributed by atoms with Gasteiger partial charge in [0.05, 0.1) is 0 Å². The first-order chi connectivity index (χ1) is 6.55. The van der Waals surface area contributed by atoms with E-state index in [-0.39, 0.29) is 17.5 Å². The van der Waals surface area contributed by atoms with E-state index < -0.39 is 0 Å². The van der Waals surface area contributed by atoms with Gasteiger partial charge in [-0.25, -0.2) is 4.79 Å². The number of esters is 1. The lowest BCUT2D eigenvalue weighted by atomic mass is 9.72. The Kier molecular flexibility index (Phi) is 2.17. The van der Waals surface area contributed by atoms with Gasteiger partial charge < -0.3 is 4.74 Å². The van der Waals surface area contributed by atoms with Crippen molar-refractivity contribution in [2.45, 2.75) is 45.1 Å². The predicted molar refractivity (Wildman–Crippen MR) is 54.8 cm³/mol. The molecule has 1 saturated heterocycles. The molecule has 0 amide bonds. The van der Waals surface area contributed by atoms with Gasteiger partial charge in [-0.15, -0.1) is 0 Å². The van der Waals surface area contributed by atoms with Crippen molar-refractivity contribution in [1.29, 1.82) is 0 Å². The topological polar surface area (TPSA) is 26.3 Å². The predicted octanol–water partition coefficient (Wildman–Crippen LogP) is 2.68. The lowest BCUT2D eigenvalue weighted by Crippen LogP contribution is -2.39. The first kappa shape index (κ1) is 9.75. The summed E-state index contributed by atoms with van der Waals surface area (Å²) < 4.78 is 5.55. The van der Waals surface area contributed by atoms with Gasteiger partial charge in [0.25, 0.3) is 0 Å². The van der Waals surface area contributed by atoms with Crippen LogP contribution in [-0.4, -0.2) is 11.6 Å². The van der Waals surface area contributed by atoms with Crippen LogP contribution in [-0.2, 0) is 9.53 Å². The summed E-state index contributed by atoms with van der Waals surface area (Å²) in [6.45, 7) is 8.13. The van der Waals surface area contributed by atoms with E-state index in [4.69, 9.17) is 4.74 Å². The molecule has 0 aromatic carbocycles. The molecule has 1 saturated carbocycles. The number of hydrogen-bond donors (Lipinski definition) is 0. The van der Waals surface area contributed by atoms with Crippen LogP contribution in [0.5, 0.6) is 0 Å². The molecule has 2 heteroatoms. The Hall–Kier alpha value is -0.790. The molecule has 0 N–H and O–H groups in total. The molecule has 2 nitrogen and oxygen atoms in total. The zero-order valence-corrected chi connectivity index (χ0v) is 9.01. The van der Waals surface area contributed by atoms with Gasteiger partial charge in [0, 0.05) is 11.5 Å². The van der Waals surface area contributed by atoms with Gasteiger partial charge in [-0.05, 0) is 25.2 Å². The van der Waals surface area contributed by atoms with Crippen molar-refractivity contribution in [1.82, 2.24) is 0 Å². The van der Waals surface area contributed by atoms with Gasteiger partial charge in [0.1, 0.15) is 5.60 Å². The normalized spacial score (nSPS) is 43.0. The summed E-state index contributed by atoms with van der Waals surface area (Å²) >= 11 is 0. The molecule has 0 bridgehead atoms. The van der Waals surface area contributed by atoms with Crippen LogP contribution in [0.4, 0.5) is 0 Å². The zero-order valence-electron chi connectivity index (χ0n) is 9.01. The summed E-state index contributed by atoms with van der Waals surface area (Å²) in [5, 5.41) is 0. The van der Waals surface area contributed by atoms with Crippen LogP contribution < -0.4 is 0 Å². The molecule has 78 valence electrons. The Morgan fingerprint density at radius 1 is 1.50 bits per heavy atom. The second-order valence-electron chi connectivity index (χ2n) is 4.90. The molecule has 0 radical (unpaired) electrons. The van der Waals surface area contributed by atoms with E-state index in [1.165, 1.54) is 12.8 Å². The third-order valence-corrected chi connectivity index (χ3v) is 3.86. The van der Waals surface area contributed by atoms with E-state index in [0.717, 1.165) is 12.8 Å². The van der Waals surface area contributed by atoms with Gasteiger partial charge in [-0.3, -0.25) is 0 Å². The third-order valence-electron chi connectivity index (χ3n) is 3.86. The van der Waals surface area contributed by atoms with Crippen LogP contribution in [0, 0.1) is 11.8 Å². The van der Waals surface area contributed by atoms with E-state index in [1.54, 1.807) is 0 Å². The summed E-state index contributed by atoms with van der Waals surface area (Å²) in [5.74, 6) is 0.703. The van der Waals surface area contributed by atoms with E-state index in [0.29, 0.717) is 11.5 Å². The summed E-state index contributed by atoms with van der Waals surface area (Å²) in [6, 6.07) is 0. The average molecular weight is 194 g/mol. The SMILES string of the molecule is C=C1C(=O)OC2(CCCC(C)C2)C1C. The summed E-state index contributed by atoms with van der Waals surface area (Å²) in [5.41, 5.74) is 0.463. The van der Waals surface area contributed by atoms with Crippen molar-refractivity contribution in [3.05, 3.63) is 12.2 Å². The van der Waals surface area contributed by atoms with Gasteiger partial charge in [-0.1, -0.05) is 26.8 Å². The molecule has 1 aliphatic carbocycles. The minimum atomic E-state index is -0.203. The Morgan fingerprint density at radius 3 is 2.71 bits per heavy atom. The standard InChI is InChI=1S/C12H18O2/c1-8-5-4-6-12(7-8)10(3)9(2)11(13)14-12/h8,10H,2,4-7H2,1,3H3. The van der Waals surface area contributed by atoms with E-state index in [9.17, 15) is 4.79 Å². The van der Waals surface area contributed by atoms with Crippen LogP contribution in [0.15, 0.2) is 12.2 Å². The highest BCUT2D eigenvalue weighted by Crippen LogP contribution is 2.47. The molecule has 14 heavy (non-hydrogen) atoms. The average Bonchev–Trinajstić information content (AvgIpc) is 2.31.